The number of halogens is 4. The van der Waals surface area contributed by atoms with Gasteiger partial charge in [-0.15, -0.1) is 35.3 Å². The molecule has 4 nitrogen and oxygen atoms in total. The van der Waals surface area contributed by atoms with E-state index in [0.717, 1.165) is 29.3 Å². The van der Waals surface area contributed by atoms with Gasteiger partial charge in [0.15, 0.2) is 5.96 Å². The molecular formula is C19H22F3IN4S. The van der Waals surface area contributed by atoms with Crippen LogP contribution in [-0.2, 0) is 12.6 Å². The van der Waals surface area contributed by atoms with Gasteiger partial charge in [-0.1, -0.05) is 17.9 Å². The van der Waals surface area contributed by atoms with Gasteiger partial charge in [-0.3, -0.25) is 4.99 Å². The van der Waals surface area contributed by atoms with E-state index in [0.29, 0.717) is 24.6 Å². The standard InChI is InChI=1S/C19H21F3N4S.HI/c1-3-23-18(25-11-9-17-13-27-14(2)26-17)24-10-5-7-15-6-4-8-16(12-15)19(20,21)22;/h4,6,8,12-13H,3,9-11H2,1-2H3,(H2,23,24,25);1H. The lowest BCUT2D eigenvalue weighted by molar-refractivity contribution is -0.137. The maximum Gasteiger partial charge on any atom is 0.416 e. The van der Waals surface area contributed by atoms with Gasteiger partial charge in [0.2, 0.25) is 0 Å². The van der Waals surface area contributed by atoms with Crippen molar-refractivity contribution in [2.24, 2.45) is 4.99 Å². The van der Waals surface area contributed by atoms with Crippen LogP contribution >= 0.6 is 35.3 Å². The summed E-state index contributed by atoms with van der Waals surface area (Å²) in [6.45, 7) is 5.47. The predicted octanol–water partition coefficient (Wildman–Crippen LogP) is 4.24. The third-order valence-electron chi connectivity index (χ3n) is 3.42. The topological polar surface area (TPSA) is 49.3 Å². The Kier molecular flexibility index (Phi) is 10.3. The molecule has 0 aliphatic heterocycles. The van der Waals surface area contributed by atoms with Gasteiger partial charge in [0.25, 0.3) is 0 Å². The number of thiazole rings is 1. The number of nitrogens with one attached hydrogen (secondary N) is 2. The number of hydrogen-bond acceptors (Lipinski definition) is 3. The molecule has 2 N–H and O–H groups in total. The predicted molar refractivity (Wildman–Crippen MR) is 118 cm³/mol. The van der Waals surface area contributed by atoms with Gasteiger partial charge < -0.3 is 10.6 Å². The maximum atomic E-state index is 12.7. The van der Waals surface area contributed by atoms with E-state index in [2.05, 4.69) is 32.5 Å². The van der Waals surface area contributed by atoms with Crippen molar-refractivity contribution in [1.29, 1.82) is 0 Å². The second kappa shape index (κ2) is 11.9. The first-order valence-corrected chi connectivity index (χ1v) is 9.35. The summed E-state index contributed by atoms with van der Waals surface area (Å²) in [6, 6.07) is 4.98. The average molecular weight is 522 g/mol. The molecule has 1 aromatic carbocycles. The summed E-state index contributed by atoms with van der Waals surface area (Å²) >= 11 is 1.61. The van der Waals surface area contributed by atoms with Gasteiger partial charge in [0.1, 0.15) is 0 Å². The zero-order valence-corrected chi connectivity index (χ0v) is 18.7. The maximum absolute atomic E-state index is 12.7. The summed E-state index contributed by atoms with van der Waals surface area (Å²) in [5, 5.41) is 9.21. The lowest BCUT2D eigenvalue weighted by Gasteiger charge is -2.08. The fourth-order valence-electron chi connectivity index (χ4n) is 2.19. The third kappa shape index (κ3) is 8.48. The molecular weight excluding hydrogens is 500 g/mol. The first-order chi connectivity index (χ1) is 12.9. The smallest absolute Gasteiger partial charge is 0.357 e. The minimum absolute atomic E-state index is 0. The Morgan fingerprint density at radius 1 is 1.29 bits per heavy atom. The number of guanidine groups is 1. The number of hydrogen-bond donors (Lipinski definition) is 2. The Bertz CT molecular complexity index is 837. The number of aliphatic imine (C=N–C) groups is 1. The molecule has 9 heteroatoms. The lowest BCUT2D eigenvalue weighted by Crippen LogP contribution is -2.37. The van der Waals surface area contributed by atoms with Crippen molar-refractivity contribution in [2.45, 2.75) is 26.4 Å². The van der Waals surface area contributed by atoms with Gasteiger partial charge >= 0.3 is 6.18 Å². The Hall–Kier alpha value is -1.80. The Balaban J connectivity index is 0.00000392. The Morgan fingerprint density at radius 2 is 2.07 bits per heavy atom. The fraction of sp³-hybridized carbons (Fsp3) is 0.368. The zero-order chi connectivity index (χ0) is 19.7. The molecule has 0 spiro atoms. The molecule has 2 rings (SSSR count). The highest BCUT2D eigenvalue weighted by Gasteiger charge is 2.30. The minimum Gasteiger partial charge on any atom is -0.357 e. The van der Waals surface area contributed by atoms with Crippen LogP contribution in [0.5, 0.6) is 0 Å². The number of nitrogens with zero attached hydrogens (tertiary/aromatic N) is 2. The number of benzene rings is 1. The molecule has 2 aromatic rings. The fourth-order valence-corrected chi connectivity index (χ4v) is 2.84. The van der Waals surface area contributed by atoms with Crippen LogP contribution in [0, 0.1) is 18.8 Å². The van der Waals surface area contributed by atoms with Crippen LogP contribution in [0.2, 0.25) is 0 Å². The van der Waals surface area contributed by atoms with Crippen LogP contribution in [0.25, 0.3) is 0 Å². The molecule has 0 atom stereocenters. The average Bonchev–Trinajstić information content (AvgIpc) is 3.03. The molecule has 0 bridgehead atoms. The monoisotopic (exact) mass is 522 g/mol. The van der Waals surface area contributed by atoms with Crippen molar-refractivity contribution < 1.29 is 13.2 Å². The molecule has 0 amide bonds. The van der Waals surface area contributed by atoms with Crippen LogP contribution < -0.4 is 10.6 Å². The van der Waals surface area contributed by atoms with Gasteiger partial charge in [-0.25, -0.2) is 4.98 Å². The van der Waals surface area contributed by atoms with Gasteiger partial charge in [-0.05, 0) is 32.0 Å². The number of aromatic nitrogens is 1. The second-order valence-electron chi connectivity index (χ2n) is 5.60. The largest absolute Gasteiger partial charge is 0.416 e. The third-order valence-corrected chi connectivity index (χ3v) is 4.24. The van der Waals surface area contributed by atoms with E-state index in [4.69, 9.17) is 0 Å². The van der Waals surface area contributed by atoms with Crippen LogP contribution in [0.15, 0.2) is 34.6 Å². The van der Waals surface area contributed by atoms with E-state index in [1.807, 2.05) is 19.2 Å². The van der Waals surface area contributed by atoms with Gasteiger partial charge in [0.05, 0.1) is 22.8 Å². The van der Waals surface area contributed by atoms with Crippen LogP contribution in [0.3, 0.4) is 0 Å². The molecule has 1 heterocycles. The van der Waals surface area contributed by atoms with Crippen molar-refractivity contribution in [3.8, 4) is 11.8 Å². The minimum atomic E-state index is -4.36. The molecule has 28 heavy (non-hydrogen) atoms. The van der Waals surface area contributed by atoms with Crippen molar-refractivity contribution in [2.75, 3.05) is 19.6 Å². The zero-order valence-electron chi connectivity index (χ0n) is 15.6. The molecule has 1 aromatic heterocycles. The van der Waals surface area contributed by atoms with Crippen molar-refractivity contribution in [3.63, 3.8) is 0 Å². The summed E-state index contributed by atoms with van der Waals surface area (Å²) in [5.41, 5.74) is 0.642. The summed E-state index contributed by atoms with van der Waals surface area (Å²) in [4.78, 5) is 8.84. The highest BCUT2D eigenvalue weighted by molar-refractivity contribution is 14.0. The molecule has 0 aliphatic rings. The van der Waals surface area contributed by atoms with E-state index >= 15 is 0 Å². The second-order valence-corrected chi connectivity index (χ2v) is 6.66. The molecule has 0 unspecified atom stereocenters. The Morgan fingerprint density at radius 3 is 2.71 bits per heavy atom. The number of alkyl halides is 3. The molecule has 152 valence electrons. The summed E-state index contributed by atoms with van der Waals surface area (Å²) in [5.74, 6) is 6.17. The SMILES string of the molecule is CCNC(=NCCc1csc(C)n1)NCC#Cc1cccc(C(F)(F)F)c1.I. The van der Waals surface area contributed by atoms with Crippen LogP contribution in [-0.4, -0.2) is 30.6 Å². The number of rotatable bonds is 5. The quantitative estimate of drug-likeness (QED) is 0.268. The Labute approximate surface area is 184 Å². The molecule has 0 saturated heterocycles. The molecule has 0 radical (unpaired) electrons. The van der Waals surface area contributed by atoms with Gasteiger partial charge in [0, 0.05) is 30.5 Å². The highest BCUT2D eigenvalue weighted by atomic mass is 127. The molecule has 0 fully saturated rings. The van der Waals surface area contributed by atoms with E-state index in [1.165, 1.54) is 6.07 Å². The van der Waals surface area contributed by atoms with E-state index in [-0.39, 0.29) is 30.5 Å². The molecule has 0 saturated carbocycles. The summed E-state index contributed by atoms with van der Waals surface area (Å²) < 4.78 is 38.1. The molecule has 0 aliphatic carbocycles. The first kappa shape index (κ1) is 24.2. The number of aryl methyl sites for hydroxylation is 1. The summed E-state index contributed by atoms with van der Waals surface area (Å²) in [6.07, 6.45) is -3.62. The first-order valence-electron chi connectivity index (χ1n) is 8.48. The van der Waals surface area contributed by atoms with E-state index < -0.39 is 11.7 Å². The van der Waals surface area contributed by atoms with Gasteiger partial charge in [-0.2, -0.15) is 13.2 Å². The van der Waals surface area contributed by atoms with Crippen molar-refractivity contribution >= 4 is 41.3 Å². The van der Waals surface area contributed by atoms with E-state index in [1.54, 1.807) is 17.4 Å². The van der Waals surface area contributed by atoms with Crippen LogP contribution in [0.4, 0.5) is 13.2 Å². The van der Waals surface area contributed by atoms with E-state index in [9.17, 15) is 13.2 Å². The normalized spacial score (nSPS) is 11.2. The lowest BCUT2D eigenvalue weighted by atomic mass is 10.1. The van der Waals surface area contributed by atoms with Crippen LogP contribution in [0.1, 0.15) is 28.8 Å². The summed E-state index contributed by atoms with van der Waals surface area (Å²) in [7, 11) is 0. The van der Waals surface area contributed by atoms with Crippen molar-refractivity contribution in [1.82, 2.24) is 15.6 Å². The highest BCUT2D eigenvalue weighted by Crippen LogP contribution is 2.29. The van der Waals surface area contributed by atoms with Crippen molar-refractivity contribution in [3.05, 3.63) is 51.5 Å².